The number of benzene rings is 2. The van der Waals surface area contributed by atoms with Gasteiger partial charge in [-0.1, -0.05) is 53.7 Å². The van der Waals surface area contributed by atoms with E-state index in [1.807, 2.05) is 24.3 Å². The molecule has 0 aliphatic carbocycles. The molecule has 146 valence electrons. The third-order valence-electron chi connectivity index (χ3n) is 3.89. The molecular formula is C20H19ClN2O4S. The number of para-hydroxylation sites is 2. The summed E-state index contributed by atoms with van der Waals surface area (Å²) in [5.41, 5.74) is 2.07. The number of fused-ring (bicyclic) bond motifs is 1. The highest BCUT2D eigenvalue weighted by Gasteiger charge is 2.21. The molecule has 6 nitrogen and oxygen atoms in total. The largest absolute Gasteiger partial charge is 0.466 e. The molecule has 0 radical (unpaired) electrons. The summed E-state index contributed by atoms with van der Waals surface area (Å²) in [7, 11) is 0. The smallest absolute Gasteiger partial charge is 0.308 e. The topological polar surface area (TPSA) is 81.4 Å². The number of nitrogens with one attached hydrogen (secondary N) is 1. The van der Waals surface area contributed by atoms with Gasteiger partial charge in [0.2, 0.25) is 5.91 Å². The molecule has 0 bridgehead atoms. The molecule has 0 aliphatic rings. The van der Waals surface area contributed by atoms with Crippen LogP contribution in [0.1, 0.15) is 24.9 Å². The van der Waals surface area contributed by atoms with Crippen LogP contribution in [0.15, 0.2) is 58.2 Å². The van der Waals surface area contributed by atoms with Crippen LogP contribution in [0.25, 0.3) is 11.1 Å². The summed E-state index contributed by atoms with van der Waals surface area (Å²) >= 11 is 7.43. The van der Waals surface area contributed by atoms with Gasteiger partial charge < -0.3 is 14.5 Å². The van der Waals surface area contributed by atoms with Crippen LogP contribution in [-0.2, 0) is 14.3 Å². The number of oxazole rings is 1. The first kappa shape index (κ1) is 20.2. The zero-order valence-corrected chi connectivity index (χ0v) is 16.8. The lowest BCUT2D eigenvalue weighted by molar-refractivity contribution is -0.143. The maximum Gasteiger partial charge on any atom is 0.308 e. The number of esters is 1. The summed E-state index contributed by atoms with van der Waals surface area (Å²) in [6.07, 6.45) is -0.00311. The van der Waals surface area contributed by atoms with Gasteiger partial charge in [0, 0.05) is 5.02 Å². The van der Waals surface area contributed by atoms with Gasteiger partial charge in [-0.15, -0.1) is 0 Å². The van der Waals surface area contributed by atoms with Crippen LogP contribution >= 0.6 is 23.4 Å². The van der Waals surface area contributed by atoms with Crippen molar-refractivity contribution in [1.29, 1.82) is 0 Å². The number of ether oxygens (including phenoxy) is 1. The highest BCUT2D eigenvalue weighted by atomic mass is 35.5. The van der Waals surface area contributed by atoms with Crippen LogP contribution in [0.4, 0.5) is 0 Å². The number of rotatable bonds is 8. The van der Waals surface area contributed by atoms with E-state index in [9.17, 15) is 9.59 Å². The van der Waals surface area contributed by atoms with Crippen LogP contribution in [0.5, 0.6) is 0 Å². The standard InChI is InChI=1S/C20H19ClN2O4S/c1-2-26-19(25)11-16(13-7-3-4-8-14(13)21)22-18(24)12-28-20-23-15-9-5-6-10-17(15)27-20/h3-10,16H,2,11-12H2,1H3,(H,22,24)/t16-/m1/s1. The maximum absolute atomic E-state index is 12.5. The highest BCUT2D eigenvalue weighted by molar-refractivity contribution is 7.99. The minimum Gasteiger partial charge on any atom is -0.466 e. The lowest BCUT2D eigenvalue weighted by Gasteiger charge is -2.19. The van der Waals surface area contributed by atoms with Gasteiger partial charge in [-0.05, 0) is 30.7 Å². The first-order valence-electron chi connectivity index (χ1n) is 8.74. The quantitative estimate of drug-likeness (QED) is 0.431. The van der Waals surface area contributed by atoms with Crippen molar-refractivity contribution in [3.63, 3.8) is 0 Å². The molecular weight excluding hydrogens is 400 g/mol. The fourth-order valence-electron chi connectivity index (χ4n) is 2.66. The van der Waals surface area contributed by atoms with Gasteiger partial charge in [0.25, 0.3) is 5.22 Å². The fourth-order valence-corrected chi connectivity index (χ4v) is 3.58. The second-order valence-electron chi connectivity index (χ2n) is 5.89. The van der Waals surface area contributed by atoms with E-state index in [0.717, 1.165) is 5.52 Å². The van der Waals surface area contributed by atoms with E-state index in [1.165, 1.54) is 11.8 Å². The SMILES string of the molecule is CCOC(=O)C[C@@H](NC(=O)CSc1nc2ccccc2o1)c1ccccc1Cl. The van der Waals surface area contributed by atoms with Crippen molar-refractivity contribution in [3.05, 3.63) is 59.1 Å². The zero-order valence-electron chi connectivity index (χ0n) is 15.2. The highest BCUT2D eigenvalue weighted by Crippen LogP contribution is 2.27. The lowest BCUT2D eigenvalue weighted by Crippen LogP contribution is -2.32. The van der Waals surface area contributed by atoms with Crippen LogP contribution < -0.4 is 5.32 Å². The molecule has 0 unspecified atom stereocenters. The summed E-state index contributed by atoms with van der Waals surface area (Å²) in [5, 5.41) is 3.74. The van der Waals surface area contributed by atoms with Gasteiger partial charge >= 0.3 is 5.97 Å². The molecule has 0 fully saturated rings. The number of carbonyl (C=O) groups excluding carboxylic acids is 2. The monoisotopic (exact) mass is 418 g/mol. The Morgan fingerprint density at radius 1 is 1.21 bits per heavy atom. The van der Waals surface area contributed by atoms with E-state index >= 15 is 0 Å². The average Bonchev–Trinajstić information content (AvgIpc) is 3.09. The summed E-state index contributed by atoms with van der Waals surface area (Å²) in [5.74, 6) is -0.572. The Morgan fingerprint density at radius 3 is 2.71 bits per heavy atom. The first-order chi connectivity index (χ1) is 13.6. The minimum absolute atomic E-state index is 0.00311. The van der Waals surface area contributed by atoms with Crippen molar-refractivity contribution in [2.45, 2.75) is 24.6 Å². The molecule has 28 heavy (non-hydrogen) atoms. The van der Waals surface area contributed by atoms with Crippen molar-refractivity contribution in [3.8, 4) is 0 Å². The second-order valence-corrected chi connectivity index (χ2v) is 7.22. The Hall–Kier alpha value is -2.51. The lowest BCUT2D eigenvalue weighted by atomic mass is 10.0. The van der Waals surface area contributed by atoms with Crippen molar-refractivity contribution in [2.24, 2.45) is 0 Å². The zero-order chi connectivity index (χ0) is 19.9. The number of nitrogens with zero attached hydrogens (tertiary/aromatic N) is 1. The number of thioether (sulfide) groups is 1. The summed E-state index contributed by atoms with van der Waals surface area (Å²) in [6, 6.07) is 13.9. The van der Waals surface area contributed by atoms with Crippen molar-refractivity contribution < 1.29 is 18.7 Å². The van der Waals surface area contributed by atoms with Gasteiger partial charge in [-0.25, -0.2) is 4.98 Å². The molecule has 1 aromatic heterocycles. The molecule has 3 aromatic rings. The summed E-state index contributed by atoms with van der Waals surface area (Å²) in [4.78, 5) is 28.8. The van der Waals surface area contributed by atoms with Gasteiger partial charge in [-0.2, -0.15) is 0 Å². The Kier molecular flexibility index (Phi) is 6.95. The Morgan fingerprint density at radius 2 is 1.96 bits per heavy atom. The van der Waals surface area contributed by atoms with Crippen LogP contribution in [0.3, 0.4) is 0 Å². The molecule has 1 amide bonds. The summed E-state index contributed by atoms with van der Waals surface area (Å²) < 4.78 is 10.6. The molecule has 1 N–H and O–H groups in total. The van der Waals surface area contributed by atoms with Crippen LogP contribution in [-0.4, -0.2) is 29.2 Å². The Balaban J connectivity index is 1.66. The predicted octanol–water partition coefficient (Wildman–Crippen LogP) is 4.38. The van der Waals surface area contributed by atoms with E-state index in [4.69, 9.17) is 20.8 Å². The molecule has 0 aliphatic heterocycles. The van der Waals surface area contributed by atoms with Gasteiger partial charge in [0.1, 0.15) is 5.52 Å². The van der Waals surface area contributed by atoms with E-state index < -0.39 is 12.0 Å². The van der Waals surface area contributed by atoms with E-state index in [2.05, 4.69) is 10.3 Å². The average molecular weight is 419 g/mol. The van der Waals surface area contributed by atoms with Gasteiger partial charge in [-0.3, -0.25) is 9.59 Å². The number of aromatic nitrogens is 1. The number of hydrogen-bond acceptors (Lipinski definition) is 6. The maximum atomic E-state index is 12.5. The second kappa shape index (κ2) is 9.61. The van der Waals surface area contributed by atoms with Crippen LogP contribution in [0.2, 0.25) is 5.02 Å². The number of carbonyl (C=O) groups is 2. The van der Waals surface area contributed by atoms with Gasteiger partial charge in [0.15, 0.2) is 5.58 Å². The fraction of sp³-hybridized carbons (Fsp3) is 0.250. The number of hydrogen-bond donors (Lipinski definition) is 1. The Labute approximate surface area is 171 Å². The molecule has 2 aromatic carbocycles. The summed E-state index contributed by atoms with van der Waals surface area (Å²) in [6.45, 7) is 2.01. The van der Waals surface area contributed by atoms with E-state index in [1.54, 1.807) is 31.2 Å². The number of halogens is 1. The molecule has 8 heteroatoms. The molecule has 0 saturated heterocycles. The van der Waals surface area contributed by atoms with Crippen molar-refractivity contribution in [2.75, 3.05) is 12.4 Å². The predicted molar refractivity (Wildman–Crippen MR) is 108 cm³/mol. The van der Waals surface area contributed by atoms with Crippen molar-refractivity contribution >= 4 is 46.3 Å². The third kappa shape index (κ3) is 5.27. The molecule has 0 spiro atoms. The third-order valence-corrected chi connectivity index (χ3v) is 5.07. The molecule has 1 heterocycles. The van der Waals surface area contributed by atoms with Crippen molar-refractivity contribution in [1.82, 2.24) is 10.3 Å². The minimum atomic E-state index is -0.579. The normalized spacial score (nSPS) is 11.9. The Bertz CT molecular complexity index is 943. The van der Waals surface area contributed by atoms with Crippen LogP contribution in [0, 0.1) is 0 Å². The first-order valence-corrected chi connectivity index (χ1v) is 10.1. The number of amides is 1. The molecule has 0 saturated carbocycles. The molecule has 3 rings (SSSR count). The van der Waals surface area contributed by atoms with Gasteiger partial charge in [0.05, 0.1) is 24.8 Å². The molecule has 1 atom stereocenters. The van der Waals surface area contributed by atoms with E-state index in [0.29, 0.717) is 21.4 Å². The van der Waals surface area contributed by atoms with E-state index in [-0.39, 0.29) is 24.7 Å².